The lowest BCUT2D eigenvalue weighted by molar-refractivity contribution is -0.144. The molecule has 4 amide bonds. The SMILES string of the molecule is CC(C)(C)c1c(N)nc(N)nc1N.CCC1(CC)C(=O)NC(=O)NC1=O. The largest absolute Gasteiger partial charge is 0.383 e. The van der Waals surface area contributed by atoms with Gasteiger partial charge in [0.25, 0.3) is 0 Å². The number of hydrogen-bond donors (Lipinski definition) is 5. The Morgan fingerprint density at radius 2 is 1.27 bits per heavy atom. The highest BCUT2D eigenvalue weighted by atomic mass is 16.2. The highest BCUT2D eigenvalue weighted by molar-refractivity contribution is 6.19. The van der Waals surface area contributed by atoms with Crippen LogP contribution >= 0.6 is 0 Å². The van der Waals surface area contributed by atoms with Crippen LogP contribution in [0.5, 0.6) is 0 Å². The number of nitrogens with one attached hydrogen (secondary N) is 2. The van der Waals surface area contributed by atoms with Crippen molar-refractivity contribution in [2.45, 2.75) is 52.9 Å². The van der Waals surface area contributed by atoms with Gasteiger partial charge in [-0.2, -0.15) is 9.97 Å². The molecule has 1 aliphatic rings. The van der Waals surface area contributed by atoms with Gasteiger partial charge in [-0.15, -0.1) is 0 Å². The quantitative estimate of drug-likeness (QED) is 0.474. The molecular formula is C16H27N7O3. The van der Waals surface area contributed by atoms with E-state index >= 15 is 0 Å². The van der Waals surface area contributed by atoms with E-state index < -0.39 is 23.3 Å². The fourth-order valence-electron chi connectivity index (χ4n) is 2.76. The molecule has 0 unspecified atom stereocenters. The van der Waals surface area contributed by atoms with E-state index in [9.17, 15) is 14.4 Å². The molecule has 26 heavy (non-hydrogen) atoms. The van der Waals surface area contributed by atoms with Gasteiger partial charge >= 0.3 is 6.03 Å². The normalized spacial score (nSPS) is 16.3. The van der Waals surface area contributed by atoms with Crippen molar-refractivity contribution in [2.24, 2.45) is 5.41 Å². The molecule has 0 aliphatic carbocycles. The average molecular weight is 365 g/mol. The van der Waals surface area contributed by atoms with E-state index in [1.807, 2.05) is 20.8 Å². The van der Waals surface area contributed by atoms with Gasteiger partial charge in [-0.3, -0.25) is 20.2 Å². The number of carbonyl (C=O) groups excluding carboxylic acids is 3. The van der Waals surface area contributed by atoms with Crippen molar-refractivity contribution in [3.05, 3.63) is 5.56 Å². The number of urea groups is 1. The Bertz CT molecular complexity index is 676. The Balaban J connectivity index is 0.000000260. The Morgan fingerprint density at radius 1 is 0.885 bits per heavy atom. The number of amides is 4. The van der Waals surface area contributed by atoms with E-state index in [-0.39, 0.29) is 11.4 Å². The molecule has 1 saturated heterocycles. The van der Waals surface area contributed by atoms with Crippen LogP contribution in [0.4, 0.5) is 22.4 Å². The molecule has 10 nitrogen and oxygen atoms in total. The second-order valence-electron chi connectivity index (χ2n) is 7.00. The number of nitrogen functional groups attached to an aromatic ring is 3. The maximum absolute atomic E-state index is 11.4. The molecule has 0 aromatic carbocycles. The monoisotopic (exact) mass is 365 g/mol. The van der Waals surface area contributed by atoms with Crippen molar-refractivity contribution >= 4 is 35.4 Å². The predicted octanol–water partition coefficient (Wildman–Crippen LogP) is 0.680. The van der Waals surface area contributed by atoms with Crippen LogP contribution in [0.3, 0.4) is 0 Å². The molecule has 144 valence electrons. The molecule has 2 rings (SSSR count). The average Bonchev–Trinajstić information content (AvgIpc) is 2.45. The highest BCUT2D eigenvalue weighted by Gasteiger charge is 2.47. The van der Waals surface area contributed by atoms with Crippen LogP contribution < -0.4 is 27.8 Å². The van der Waals surface area contributed by atoms with E-state index in [0.29, 0.717) is 24.5 Å². The summed E-state index contributed by atoms with van der Waals surface area (Å²) in [5, 5.41) is 4.19. The lowest BCUT2D eigenvalue weighted by Crippen LogP contribution is -2.61. The molecule has 1 aliphatic heterocycles. The number of hydrogen-bond acceptors (Lipinski definition) is 8. The summed E-state index contributed by atoms with van der Waals surface area (Å²) in [7, 11) is 0. The predicted molar refractivity (Wildman–Crippen MR) is 98.7 cm³/mol. The van der Waals surface area contributed by atoms with E-state index in [1.54, 1.807) is 13.8 Å². The van der Waals surface area contributed by atoms with E-state index in [1.165, 1.54) is 0 Å². The molecule has 1 aromatic heterocycles. The van der Waals surface area contributed by atoms with Crippen molar-refractivity contribution in [3.63, 3.8) is 0 Å². The van der Waals surface area contributed by atoms with Crippen LogP contribution in [0, 0.1) is 5.41 Å². The van der Waals surface area contributed by atoms with Crippen molar-refractivity contribution in [2.75, 3.05) is 17.2 Å². The van der Waals surface area contributed by atoms with Gasteiger partial charge in [-0.1, -0.05) is 34.6 Å². The van der Waals surface area contributed by atoms with Crippen LogP contribution in [-0.2, 0) is 15.0 Å². The third-order valence-corrected chi connectivity index (χ3v) is 4.26. The first-order valence-electron chi connectivity index (χ1n) is 8.24. The molecule has 1 aromatic rings. The zero-order valence-electron chi connectivity index (χ0n) is 15.8. The minimum Gasteiger partial charge on any atom is -0.383 e. The fourth-order valence-corrected chi connectivity index (χ4v) is 2.76. The number of nitrogens with zero attached hydrogens (tertiary/aromatic N) is 2. The molecule has 10 heteroatoms. The summed E-state index contributed by atoms with van der Waals surface area (Å²) in [5.41, 5.74) is 16.3. The topological polar surface area (TPSA) is 179 Å². The molecule has 0 spiro atoms. The van der Waals surface area contributed by atoms with Gasteiger partial charge in [-0.05, 0) is 18.3 Å². The molecule has 0 bridgehead atoms. The van der Waals surface area contributed by atoms with Crippen molar-refractivity contribution < 1.29 is 14.4 Å². The summed E-state index contributed by atoms with van der Waals surface area (Å²) in [6.45, 7) is 9.48. The summed E-state index contributed by atoms with van der Waals surface area (Å²) in [6.07, 6.45) is 0.795. The molecular weight excluding hydrogens is 338 g/mol. The van der Waals surface area contributed by atoms with Gasteiger partial charge in [0.2, 0.25) is 17.8 Å². The number of carbonyl (C=O) groups is 3. The smallest absolute Gasteiger partial charge is 0.328 e. The zero-order valence-corrected chi connectivity index (χ0v) is 15.8. The number of nitrogens with two attached hydrogens (primary N) is 3. The van der Waals surface area contributed by atoms with Crippen LogP contribution in [0.2, 0.25) is 0 Å². The first-order chi connectivity index (χ1) is 11.9. The van der Waals surface area contributed by atoms with Gasteiger partial charge in [0, 0.05) is 5.56 Å². The van der Waals surface area contributed by atoms with E-state index in [0.717, 1.165) is 5.56 Å². The van der Waals surface area contributed by atoms with Gasteiger partial charge in [0.15, 0.2) is 0 Å². The number of rotatable bonds is 2. The molecule has 0 atom stereocenters. The lowest BCUT2D eigenvalue weighted by atomic mass is 9.79. The second-order valence-corrected chi connectivity index (χ2v) is 7.00. The van der Waals surface area contributed by atoms with Crippen LogP contribution in [0.15, 0.2) is 0 Å². The Labute approximate surface area is 152 Å². The number of imide groups is 2. The maximum atomic E-state index is 11.4. The minimum absolute atomic E-state index is 0.114. The lowest BCUT2D eigenvalue weighted by Gasteiger charge is -2.31. The van der Waals surface area contributed by atoms with Crippen molar-refractivity contribution in [3.8, 4) is 0 Å². The summed E-state index contributed by atoms with van der Waals surface area (Å²) < 4.78 is 0. The zero-order chi connectivity index (χ0) is 20.3. The van der Waals surface area contributed by atoms with Crippen LogP contribution in [-0.4, -0.2) is 27.8 Å². The third kappa shape index (κ3) is 4.19. The number of aromatic nitrogens is 2. The molecule has 8 N–H and O–H groups in total. The minimum atomic E-state index is -1.06. The summed E-state index contributed by atoms with van der Waals surface area (Å²) in [5.74, 6) is -0.157. The molecule has 2 heterocycles. The maximum Gasteiger partial charge on any atom is 0.328 e. The first kappa shape index (κ1) is 21.1. The van der Waals surface area contributed by atoms with Crippen molar-refractivity contribution in [1.82, 2.24) is 20.6 Å². The van der Waals surface area contributed by atoms with Gasteiger partial charge in [-0.25, -0.2) is 4.79 Å². The van der Waals surface area contributed by atoms with Crippen LogP contribution in [0.25, 0.3) is 0 Å². The highest BCUT2D eigenvalue weighted by Crippen LogP contribution is 2.31. The van der Waals surface area contributed by atoms with Crippen molar-refractivity contribution in [1.29, 1.82) is 0 Å². The van der Waals surface area contributed by atoms with Gasteiger partial charge < -0.3 is 17.2 Å². The van der Waals surface area contributed by atoms with E-state index in [2.05, 4.69) is 20.6 Å². The third-order valence-electron chi connectivity index (χ3n) is 4.26. The van der Waals surface area contributed by atoms with Crippen LogP contribution in [0.1, 0.15) is 53.0 Å². The number of barbiturate groups is 1. The summed E-state index contributed by atoms with van der Waals surface area (Å²) >= 11 is 0. The Hall–Kier alpha value is -2.91. The van der Waals surface area contributed by atoms with Gasteiger partial charge in [0.05, 0.1) is 0 Å². The molecule has 0 radical (unpaired) electrons. The summed E-state index contributed by atoms with van der Waals surface area (Å²) in [4.78, 5) is 41.3. The molecule has 1 fully saturated rings. The first-order valence-corrected chi connectivity index (χ1v) is 8.24. The Kier molecular flexibility index (Phi) is 6.13. The standard InChI is InChI=1S/C8H15N5.C8H12N2O3/c1-8(2,3)4-5(9)12-7(11)13-6(4)10;1-3-8(4-2)5(11)9-7(13)10-6(8)12/h1-3H3,(H6,9,10,11,12,13);3-4H2,1-2H3,(H2,9,10,11,12,13). The fraction of sp³-hybridized carbons (Fsp3) is 0.562. The Morgan fingerprint density at radius 3 is 1.58 bits per heavy atom. The van der Waals surface area contributed by atoms with Gasteiger partial charge in [0.1, 0.15) is 17.1 Å². The summed E-state index contributed by atoms with van der Waals surface area (Å²) in [6, 6.07) is -0.729. The second kappa shape index (κ2) is 7.54. The van der Waals surface area contributed by atoms with E-state index in [4.69, 9.17) is 17.2 Å². The number of anilines is 3. The molecule has 0 saturated carbocycles.